The Morgan fingerprint density at radius 2 is 1.69 bits per heavy atom. The molecule has 0 aliphatic heterocycles. The van der Waals surface area contributed by atoms with Crippen LogP contribution in [0.5, 0.6) is 5.88 Å². The largest absolute Gasteiger partial charge is 0.493 e. The maximum absolute atomic E-state index is 13.9. The number of rotatable bonds is 4. The van der Waals surface area contributed by atoms with Crippen LogP contribution in [0.25, 0.3) is 5.69 Å². The zero-order chi connectivity index (χ0) is 18.7. The van der Waals surface area contributed by atoms with E-state index in [9.17, 15) is 23.5 Å². The molecule has 0 atom stereocenters. The Morgan fingerprint density at radius 1 is 1.04 bits per heavy atom. The van der Waals surface area contributed by atoms with Gasteiger partial charge in [0.25, 0.3) is 5.56 Å². The van der Waals surface area contributed by atoms with Gasteiger partial charge in [-0.05, 0) is 18.2 Å². The van der Waals surface area contributed by atoms with E-state index in [0.29, 0.717) is 10.1 Å². The van der Waals surface area contributed by atoms with Gasteiger partial charge in [0.2, 0.25) is 5.88 Å². The molecular weight excluding hydrogens is 344 g/mol. The molecule has 2 N–H and O–H groups in total. The highest BCUT2D eigenvalue weighted by Crippen LogP contribution is 2.18. The minimum atomic E-state index is -0.996. The van der Waals surface area contributed by atoms with Crippen molar-refractivity contribution >= 4 is 6.21 Å². The second-order valence-corrected chi connectivity index (χ2v) is 5.34. The highest BCUT2D eigenvalue weighted by Gasteiger charge is 2.16. The first-order valence-corrected chi connectivity index (χ1v) is 7.55. The Kier molecular flexibility index (Phi) is 4.74. The van der Waals surface area contributed by atoms with Crippen LogP contribution in [0.4, 0.5) is 8.78 Å². The van der Waals surface area contributed by atoms with Gasteiger partial charge in [-0.2, -0.15) is 0 Å². The number of aromatic amines is 1. The van der Waals surface area contributed by atoms with E-state index in [-0.39, 0.29) is 17.8 Å². The van der Waals surface area contributed by atoms with Crippen LogP contribution in [0.3, 0.4) is 0 Å². The van der Waals surface area contributed by atoms with Gasteiger partial charge in [0.1, 0.15) is 17.2 Å². The summed E-state index contributed by atoms with van der Waals surface area (Å²) in [6.45, 7) is -0.0790. The summed E-state index contributed by atoms with van der Waals surface area (Å²) >= 11 is 0. The number of aromatic nitrogens is 2. The first-order chi connectivity index (χ1) is 12.5. The van der Waals surface area contributed by atoms with Gasteiger partial charge < -0.3 is 5.11 Å². The van der Waals surface area contributed by atoms with Crippen LogP contribution in [-0.2, 0) is 6.54 Å². The van der Waals surface area contributed by atoms with Gasteiger partial charge in [-0.25, -0.2) is 18.1 Å². The normalized spacial score (nSPS) is 11.2. The summed E-state index contributed by atoms with van der Waals surface area (Å²) in [5.41, 5.74) is -2.16. The molecule has 0 aliphatic carbocycles. The Balaban J connectivity index is 2.03. The lowest BCUT2D eigenvalue weighted by atomic mass is 10.2. The molecule has 1 aromatic heterocycles. The summed E-state index contributed by atoms with van der Waals surface area (Å²) in [6, 6.07) is 11.2. The Labute approximate surface area is 145 Å². The number of hydrogen-bond acceptors (Lipinski definition) is 4. The first-order valence-electron chi connectivity index (χ1n) is 7.55. The molecule has 26 heavy (non-hydrogen) atoms. The number of benzene rings is 2. The zero-order valence-corrected chi connectivity index (χ0v) is 13.3. The minimum absolute atomic E-state index is 0.0790. The lowest BCUT2D eigenvalue weighted by Crippen LogP contribution is -2.31. The van der Waals surface area contributed by atoms with Crippen molar-refractivity contribution in [1.29, 1.82) is 0 Å². The lowest BCUT2D eigenvalue weighted by molar-refractivity contribution is 0.427. The van der Waals surface area contributed by atoms with Crippen molar-refractivity contribution in [3.8, 4) is 11.6 Å². The fourth-order valence-corrected chi connectivity index (χ4v) is 2.37. The monoisotopic (exact) mass is 357 g/mol. The predicted octanol–water partition coefficient (Wildman–Crippen LogP) is 2.13. The SMILES string of the molecule is O=c1[nH]c(=O)n(-c2ccccc2F)c(O)c1C=NCc1ccccc1F. The van der Waals surface area contributed by atoms with Crippen molar-refractivity contribution in [3.05, 3.63) is 92.1 Å². The third-order valence-corrected chi connectivity index (χ3v) is 3.65. The van der Waals surface area contributed by atoms with Crippen LogP contribution >= 0.6 is 0 Å². The molecule has 0 radical (unpaired) electrons. The Hall–Kier alpha value is -3.55. The molecule has 1 heterocycles. The second-order valence-electron chi connectivity index (χ2n) is 5.34. The average Bonchev–Trinajstić information content (AvgIpc) is 2.60. The van der Waals surface area contributed by atoms with Crippen LogP contribution in [-0.4, -0.2) is 20.9 Å². The van der Waals surface area contributed by atoms with E-state index in [4.69, 9.17) is 0 Å². The maximum Gasteiger partial charge on any atom is 0.335 e. The quantitative estimate of drug-likeness (QED) is 0.701. The molecule has 3 aromatic rings. The van der Waals surface area contributed by atoms with Crippen molar-refractivity contribution < 1.29 is 13.9 Å². The molecule has 2 aromatic carbocycles. The molecule has 0 amide bonds. The van der Waals surface area contributed by atoms with Crippen molar-refractivity contribution in [3.63, 3.8) is 0 Å². The molecular formula is C18H13F2N3O3. The fraction of sp³-hybridized carbons (Fsp3) is 0.0556. The summed E-state index contributed by atoms with van der Waals surface area (Å²) < 4.78 is 28.2. The number of aliphatic imine (C=N–C) groups is 1. The summed E-state index contributed by atoms with van der Waals surface area (Å²) in [7, 11) is 0. The van der Waals surface area contributed by atoms with E-state index >= 15 is 0 Å². The molecule has 0 spiro atoms. The third kappa shape index (κ3) is 3.30. The smallest absolute Gasteiger partial charge is 0.335 e. The van der Waals surface area contributed by atoms with Crippen LogP contribution in [0, 0.1) is 11.6 Å². The Bertz CT molecular complexity index is 1100. The van der Waals surface area contributed by atoms with Crippen molar-refractivity contribution in [2.24, 2.45) is 4.99 Å². The predicted molar refractivity (Wildman–Crippen MR) is 92.0 cm³/mol. The van der Waals surface area contributed by atoms with E-state index < -0.39 is 28.8 Å². The topological polar surface area (TPSA) is 87.5 Å². The minimum Gasteiger partial charge on any atom is -0.493 e. The third-order valence-electron chi connectivity index (χ3n) is 3.65. The van der Waals surface area contributed by atoms with E-state index in [1.807, 2.05) is 4.98 Å². The number of nitrogens with one attached hydrogen (secondary N) is 1. The second kappa shape index (κ2) is 7.14. The number of H-pyrrole nitrogens is 1. The van der Waals surface area contributed by atoms with Gasteiger partial charge in [-0.15, -0.1) is 0 Å². The van der Waals surface area contributed by atoms with Gasteiger partial charge in [0.15, 0.2) is 0 Å². The van der Waals surface area contributed by atoms with E-state index in [2.05, 4.69) is 4.99 Å². The van der Waals surface area contributed by atoms with Crippen molar-refractivity contribution in [2.75, 3.05) is 0 Å². The molecule has 6 nitrogen and oxygen atoms in total. The number of aromatic hydroxyl groups is 1. The molecule has 132 valence electrons. The average molecular weight is 357 g/mol. The van der Waals surface area contributed by atoms with Gasteiger partial charge >= 0.3 is 5.69 Å². The zero-order valence-electron chi connectivity index (χ0n) is 13.3. The summed E-state index contributed by atoms with van der Waals surface area (Å²) in [6.07, 6.45) is 1.01. The highest BCUT2D eigenvalue weighted by molar-refractivity contribution is 5.82. The molecule has 0 saturated heterocycles. The molecule has 0 saturated carbocycles. The van der Waals surface area contributed by atoms with Crippen LogP contribution in [0.1, 0.15) is 11.1 Å². The summed E-state index contributed by atoms with van der Waals surface area (Å²) in [5, 5.41) is 10.3. The standard InChI is InChI=1S/C18H13F2N3O3/c19-13-6-2-1-5-11(13)9-21-10-12-16(24)22-18(26)23(17(12)25)15-8-4-3-7-14(15)20/h1-8,10,25H,9H2,(H,22,24,26). The summed E-state index contributed by atoms with van der Waals surface area (Å²) in [4.78, 5) is 29.9. The van der Waals surface area contributed by atoms with E-state index in [0.717, 1.165) is 12.3 Å². The molecule has 3 rings (SSSR count). The van der Waals surface area contributed by atoms with E-state index in [1.54, 1.807) is 6.07 Å². The van der Waals surface area contributed by atoms with Gasteiger partial charge in [-0.3, -0.25) is 14.8 Å². The maximum atomic E-state index is 13.9. The number of hydrogen-bond donors (Lipinski definition) is 2. The van der Waals surface area contributed by atoms with Crippen molar-refractivity contribution in [1.82, 2.24) is 9.55 Å². The lowest BCUT2D eigenvalue weighted by Gasteiger charge is -2.10. The molecule has 0 fully saturated rings. The highest BCUT2D eigenvalue weighted by atomic mass is 19.1. The fourth-order valence-electron chi connectivity index (χ4n) is 2.37. The van der Waals surface area contributed by atoms with Crippen LogP contribution in [0.15, 0.2) is 63.1 Å². The Morgan fingerprint density at radius 3 is 2.38 bits per heavy atom. The van der Waals surface area contributed by atoms with Crippen LogP contribution in [0.2, 0.25) is 0 Å². The molecule has 8 heteroatoms. The molecule has 0 bridgehead atoms. The van der Waals surface area contributed by atoms with Crippen LogP contribution < -0.4 is 11.2 Å². The molecule has 0 aliphatic rings. The van der Waals surface area contributed by atoms with Crippen molar-refractivity contribution in [2.45, 2.75) is 6.54 Å². The van der Waals surface area contributed by atoms with Gasteiger partial charge in [0, 0.05) is 11.8 Å². The summed E-state index contributed by atoms with van der Waals surface area (Å²) in [5.74, 6) is -1.98. The number of nitrogens with zero attached hydrogens (tertiary/aromatic N) is 2. The first kappa shape index (κ1) is 17.3. The van der Waals surface area contributed by atoms with Gasteiger partial charge in [-0.1, -0.05) is 30.3 Å². The number of halogens is 2. The van der Waals surface area contributed by atoms with E-state index in [1.165, 1.54) is 36.4 Å². The number of para-hydroxylation sites is 1. The molecule has 0 unspecified atom stereocenters. The van der Waals surface area contributed by atoms with Gasteiger partial charge in [0.05, 0.1) is 12.2 Å².